The normalized spacial score (nSPS) is 13.0. The summed E-state index contributed by atoms with van der Waals surface area (Å²) in [7, 11) is 0. The second-order valence-corrected chi connectivity index (χ2v) is 7.69. The predicted molar refractivity (Wildman–Crippen MR) is 95.8 cm³/mol. The van der Waals surface area contributed by atoms with Crippen molar-refractivity contribution in [1.29, 1.82) is 0 Å². The minimum absolute atomic E-state index is 0.273. The van der Waals surface area contributed by atoms with E-state index in [0.29, 0.717) is 6.04 Å². The second kappa shape index (κ2) is 6.65. The van der Waals surface area contributed by atoms with Crippen molar-refractivity contribution >= 4 is 21.6 Å². The highest BCUT2D eigenvalue weighted by molar-refractivity contribution is 9.10. The molecule has 0 fully saturated rings. The number of hydrogen-bond donors (Lipinski definition) is 1. The molecule has 0 aliphatic carbocycles. The first kappa shape index (κ1) is 16.1. The van der Waals surface area contributed by atoms with Crippen molar-refractivity contribution in [2.45, 2.75) is 40.2 Å². The van der Waals surface area contributed by atoms with Gasteiger partial charge in [0, 0.05) is 10.2 Å². The average Bonchev–Trinajstić information content (AvgIpc) is 2.42. The molecular weight excluding hydrogens is 322 g/mol. The molecule has 0 aliphatic heterocycles. The Morgan fingerprint density at radius 1 is 1.05 bits per heavy atom. The topological polar surface area (TPSA) is 12.0 Å². The van der Waals surface area contributed by atoms with Gasteiger partial charge >= 0.3 is 0 Å². The molecule has 1 N–H and O–H groups in total. The zero-order valence-corrected chi connectivity index (χ0v) is 14.9. The van der Waals surface area contributed by atoms with E-state index in [1.165, 1.54) is 11.1 Å². The van der Waals surface area contributed by atoms with E-state index in [9.17, 15) is 0 Å². The van der Waals surface area contributed by atoms with E-state index in [0.717, 1.165) is 16.6 Å². The zero-order valence-electron chi connectivity index (χ0n) is 13.3. The van der Waals surface area contributed by atoms with Gasteiger partial charge in [0.1, 0.15) is 0 Å². The van der Waals surface area contributed by atoms with Gasteiger partial charge < -0.3 is 5.32 Å². The Morgan fingerprint density at radius 3 is 2.29 bits per heavy atom. The lowest BCUT2D eigenvalue weighted by Crippen LogP contribution is -2.18. The Kier molecular flexibility index (Phi) is 5.10. The standard InChI is InChI=1S/C19H24BrN/c1-14-10-11-16(12-17(14)20)21-18(13-19(2,3)4)15-8-6-5-7-9-15/h5-12,18,21H,13H2,1-4H3. The fraction of sp³-hybridized carbons (Fsp3) is 0.368. The van der Waals surface area contributed by atoms with Crippen molar-refractivity contribution in [1.82, 2.24) is 0 Å². The van der Waals surface area contributed by atoms with Crippen LogP contribution in [0.2, 0.25) is 0 Å². The molecule has 0 spiro atoms. The maximum Gasteiger partial charge on any atom is 0.0518 e. The van der Waals surface area contributed by atoms with Gasteiger partial charge in [-0.1, -0.05) is 73.1 Å². The van der Waals surface area contributed by atoms with E-state index in [1.807, 2.05) is 0 Å². The summed E-state index contributed by atoms with van der Waals surface area (Å²) in [6.45, 7) is 8.97. The van der Waals surface area contributed by atoms with E-state index in [1.54, 1.807) is 0 Å². The van der Waals surface area contributed by atoms with E-state index >= 15 is 0 Å². The van der Waals surface area contributed by atoms with E-state index in [2.05, 4.69) is 97.5 Å². The number of benzene rings is 2. The minimum Gasteiger partial charge on any atom is -0.378 e. The van der Waals surface area contributed by atoms with Gasteiger partial charge in [-0.3, -0.25) is 0 Å². The number of aryl methyl sites for hydroxylation is 1. The first-order valence-corrected chi connectivity index (χ1v) is 8.22. The van der Waals surface area contributed by atoms with Crippen molar-refractivity contribution in [2.24, 2.45) is 5.41 Å². The van der Waals surface area contributed by atoms with Gasteiger partial charge in [0.15, 0.2) is 0 Å². The lowest BCUT2D eigenvalue weighted by molar-refractivity contribution is 0.352. The molecule has 1 nitrogen and oxygen atoms in total. The summed E-state index contributed by atoms with van der Waals surface area (Å²) >= 11 is 3.61. The lowest BCUT2D eigenvalue weighted by Gasteiger charge is -2.28. The Hall–Kier alpha value is -1.28. The molecule has 2 heteroatoms. The third kappa shape index (κ3) is 4.89. The molecule has 0 amide bonds. The van der Waals surface area contributed by atoms with Crippen LogP contribution in [0.25, 0.3) is 0 Å². The van der Waals surface area contributed by atoms with Crippen LogP contribution in [0.3, 0.4) is 0 Å². The van der Waals surface area contributed by atoms with Gasteiger partial charge in [0.25, 0.3) is 0 Å². The van der Waals surface area contributed by atoms with Gasteiger partial charge in [0.2, 0.25) is 0 Å². The van der Waals surface area contributed by atoms with Gasteiger partial charge in [-0.2, -0.15) is 0 Å². The van der Waals surface area contributed by atoms with Crippen molar-refractivity contribution in [3.8, 4) is 0 Å². The molecule has 0 bridgehead atoms. The van der Waals surface area contributed by atoms with E-state index in [4.69, 9.17) is 0 Å². The molecular formula is C19H24BrN. The largest absolute Gasteiger partial charge is 0.378 e. The van der Waals surface area contributed by atoms with Crippen LogP contribution in [-0.2, 0) is 0 Å². The molecule has 0 saturated heterocycles. The maximum atomic E-state index is 3.69. The zero-order chi connectivity index (χ0) is 15.5. The maximum absolute atomic E-state index is 3.69. The monoisotopic (exact) mass is 345 g/mol. The number of nitrogens with one attached hydrogen (secondary N) is 1. The molecule has 112 valence electrons. The van der Waals surface area contributed by atoms with Gasteiger partial charge in [0.05, 0.1) is 6.04 Å². The van der Waals surface area contributed by atoms with Crippen LogP contribution in [0.5, 0.6) is 0 Å². The smallest absolute Gasteiger partial charge is 0.0518 e. The van der Waals surface area contributed by atoms with Gasteiger partial charge in [-0.25, -0.2) is 0 Å². The highest BCUT2D eigenvalue weighted by Gasteiger charge is 2.20. The molecule has 21 heavy (non-hydrogen) atoms. The summed E-state index contributed by atoms with van der Waals surface area (Å²) < 4.78 is 1.15. The third-order valence-corrected chi connectivity index (χ3v) is 4.39. The molecule has 2 aromatic rings. The molecule has 1 unspecified atom stereocenters. The number of rotatable bonds is 4. The van der Waals surface area contributed by atoms with Crippen LogP contribution in [-0.4, -0.2) is 0 Å². The third-order valence-electron chi connectivity index (χ3n) is 3.53. The van der Waals surface area contributed by atoms with Crippen molar-refractivity contribution in [3.05, 3.63) is 64.1 Å². The fourth-order valence-corrected chi connectivity index (χ4v) is 2.81. The highest BCUT2D eigenvalue weighted by Crippen LogP contribution is 2.33. The summed E-state index contributed by atoms with van der Waals surface area (Å²) in [6, 6.07) is 17.5. The van der Waals surface area contributed by atoms with Crippen molar-refractivity contribution in [2.75, 3.05) is 5.32 Å². The number of hydrogen-bond acceptors (Lipinski definition) is 1. The predicted octanol–water partition coefficient (Wildman–Crippen LogP) is 6.35. The summed E-state index contributed by atoms with van der Waals surface area (Å²) in [5.74, 6) is 0. The number of halogens is 1. The SMILES string of the molecule is Cc1ccc(NC(CC(C)(C)C)c2ccccc2)cc1Br. The molecule has 0 radical (unpaired) electrons. The molecule has 0 aromatic heterocycles. The Balaban J connectivity index is 2.25. The number of anilines is 1. The summed E-state index contributed by atoms with van der Waals surface area (Å²) in [6.07, 6.45) is 1.09. The first-order valence-electron chi connectivity index (χ1n) is 7.43. The molecule has 0 aliphatic rings. The van der Waals surface area contributed by atoms with Gasteiger partial charge in [-0.15, -0.1) is 0 Å². The van der Waals surface area contributed by atoms with Crippen LogP contribution in [0, 0.1) is 12.3 Å². The van der Waals surface area contributed by atoms with Gasteiger partial charge in [-0.05, 0) is 42.0 Å². The van der Waals surface area contributed by atoms with Crippen LogP contribution >= 0.6 is 15.9 Å². The minimum atomic E-state index is 0.273. The van der Waals surface area contributed by atoms with Crippen LogP contribution in [0.15, 0.2) is 53.0 Å². The lowest BCUT2D eigenvalue weighted by atomic mass is 9.85. The first-order chi connectivity index (χ1) is 9.85. The average molecular weight is 346 g/mol. The fourth-order valence-electron chi connectivity index (χ4n) is 2.43. The van der Waals surface area contributed by atoms with Crippen LogP contribution in [0.4, 0.5) is 5.69 Å². The summed E-state index contributed by atoms with van der Waals surface area (Å²) in [5.41, 5.74) is 4.03. The second-order valence-electron chi connectivity index (χ2n) is 6.84. The highest BCUT2D eigenvalue weighted by atomic mass is 79.9. The van der Waals surface area contributed by atoms with Crippen LogP contribution < -0.4 is 5.32 Å². The summed E-state index contributed by atoms with van der Waals surface area (Å²) in [5, 5.41) is 3.69. The Labute approximate surface area is 136 Å². The van der Waals surface area contributed by atoms with Crippen molar-refractivity contribution in [3.63, 3.8) is 0 Å². The van der Waals surface area contributed by atoms with Crippen molar-refractivity contribution < 1.29 is 0 Å². The molecule has 1 atom stereocenters. The summed E-state index contributed by atoms with van der Waals surface area (Å²) in [4.78, 5) is 0. The molecule has 0 heterocycles. The Bertz CT molecular complexity index is 584. The molecule has 0 saturated carbocycles. The van der Waals surface area contributed by atoms with E-state index < -0.39 is 0 Å². The molecule has 2 rings (SSSR count). The Morgan fingerprint density at radius 2 is 1.71 bits per heavy atom. The van der Waals surface area contributed by atoms with Crippen LogP contribution in [0.1, 0.15) is 44.4 Å². The molecule has 2 aromatic carbocycles. The van der Waals surface area contributed by atoms with E-state index in [-0.39, 0.29) is 5.41 Å². The quantitative estimate of drug-likeness (QED) is 0.680.